The number of aromatic nitrogens is 3. The smallest absolute Gasteiger partial charge is 0.228 e. The monoisotopic (exact) mass is 344 g/mol. The molecule has 0 bridgehead atoms. The first-order chi connectivity index (χ1) is 12.0. The Labute approximate surface area is 147 Å². The third-order valence-electron chi connectivity index (χ3n) is 4.34. The highest BCUT2D eigenvalue weighted by Gasteiger charge is 2.27. The van der Waals surface area contributed by atoms with Gasteiger partial charge in [0.25, 0.3) is 0 Å². The summed E-state index contributed by atoms with van der Waals surface area (Å²) < 4.78 is 10.7. The van der Waals surface area contributed by atoms with Crippen LogP contribution in [0.25, 0.3) is 11.3 Å². The molecule has 2 aromatic rings. The molecule has 25 heavy (non-hydrogen) atoms. The average molecular weight is 344 g/mol. The van der Waals surface area contributed by atoms with Crippen LogP contribution in [0.2, 0.25) is 0 Å². The van der Waals surface area contributed by atoms with E-state index in [-0.39, 0.29) is 17.7 Å². The van der Waals surface area contributed by atoms with E-state index in [4.69, 9.17) is 9.26 Å². The van der Waals surface area contributed by atoms with Crippen LogP contribution in [-0.4, -0.2) is 46.2 Å². The van der Waals surface area contributed by atoms with E-state index in [1.807, 2.05) is 26.8 Å². The standard InChI is InChI=1S/C18H24N4O3/c1-11(2)17-19-8-14(16-7-12(3)21-25-16)15(20-17)9-22(4)18(23)13-5-6-24-10-13/h7-8,11,13H,5-6,9-10H2,1-4H3. The van der Waals surface area contributed by atoms with Crippen LogP contribution in [0.4, 0.5) is 0 Å². The molecular formula is C18H24N4O3. The van der Waals surface area contributed by atoms with E-state index in [2.05, 4.69) is 15.1 Å². The van der Waals surface area contributed by atoms with Crippen LogP contribution >= 0.6 is 0 Å². The second-order valence-corrected chi connectivity index (χ2v) is 6.83. The number of ether oxygens (including phenoxy) is 1. The number of rotatable bonds is 5. The summed E-state index contributed by atoms with van der Waals surface area (Å²) in [5, 5.41) is 3.94. The summed E-state index contributed by atoms with van der Waals surface area (Å²) in [6.45, 7) is 7.50. The van der Waals surface area contributed by atoms with Gasteiger partial charge in [-0.1, -0.05) is 19.0 Å². The van der Waals surface area contributed by atoms with Crippen LogP contribution in [-0.2, 0) is 16.1 Å². The van der Waals surface area contributed by atoms with Gasteiger partial charge in [0.15, 0.2) is 5.76 Å². The fourth-order valence-corrected chi connectivity index (χ4v) is 2.87. The first-order valence-corrected chi connectivity index (χ1v) is 8.58. The summed E-state index contributed by atoms with van der Waals surface area (Å²) in [5.74, 6) is 1.59. The van der Waals surface area contributed by atoms with Crippen molar-refractivity contribution < 1.29 is 14.1 Å². The zero-order valence-corrected chi connectivity index (χ0v) is 15.2. The highest BCUT2D eigenvalue weighted by Crippen LogP contribution is 2.26. The molecule has 0 saturated carbocycles. The maximum atomic E-state index is 12.6. The molecule has 3 rings (SSSR count). The molecular weight excluding hydrogens is 320 g/mol. The molecule has 1 saturated heterocycles. The van der Waals surface area contributed by atoms with E-state index in [1.165, 1.54) is 0 Å². The second kappa shape index (κ2) is 7.31. The summed E-state index contributed by atoms with van der Waals surface area (Å²) in [5.41, 5.74) is 2.33. The molecule has 2 aromatic heterocycles. The second-order valence-electron chi connectivity index (χ2n) is 6.83. The van der Waals surface area contributed by atoms with Gasteiger partial charge in [-0.3, -0.25) is 4.79 Å². The van der Waals surface area contributed by atoms with Gasteiger partial charge in [-0.05, 0) is 13.3 Å². The molecule has 1 atom stereocenters. The molecule has 0 aromatic carbocycles. The Hall–Kier alpha value is -2.28. The van der Waals surface area contributed by atoms with Gasteiger partial charge in [0, 0.05) is 31.8 Å². The molecule has 134 valence electrons. The lowest BCUT2D eigenvalue weighted by atomic mass is 10.1. The van der Waals surface area contributed by atoms with E-state index >= 15 is 0 Å². The maximum Gasteiger partial charge on any atom is 0.228 e. The van der Waals surface area contributed by atoms with Crippen LogP contribution in [0.1, 0.15) is 43.4 Å². The predicted octanol–water partition coefficient (Wildman–Crippen LogP) is 2.56. The maximum absolute atomic E-state index is 12.6. The molecule has 1 fully saturated rings. The highest BCUT2D eigenvalue weighted by atomic mass is 16.5. The Morgan fingerprint density at radius 3 is 2.84 bits per heavy atom. The summed E-state index contributed by atoms with van der Waals surface area (Å²) in [6.07, 6.45) is 2.53. The van der Waals surface area contributed by atoms with Crippen LogP contribution < -0.4 is 0 Å². The lowest BCUT2D eigenvalue weighted by Crippen LogP contribution is -2.33. The van der Waals surface area contributed by atoms with Crippen molar-refractivity contribution in [3.05, 3.63) is 29.5 Å². The molecule has 7 nitrogen and oxygen atoms in total. The lowest BCUT2D eigenvalue weighted by molar-refractivity contribution is -0.134. The average Bonchev–Trinajstić information content (AvgIpc) is 3.25. The van der Waals surface area contributed by atoms with Crippen molar-refractivity contribution in [1.82, 2.24) is 20.0 Å². The first-order valence-electron chi connectivity index (χ1n) is 8.58. The molecule has 1 amide bonds. The Balaban J connectivity index is 1.89. The molecule has 0 N–H and O–H groups in total. The number of carbonyl (C=O) groups excluding carboxylic acids is 1. The van der Waals surface area contributed by atoms with E-state index < -0.39 is 0 Å². The molecule has 0 aliphatic carbocycles. The van der Waals surface area contributed by atoms with Crippen molar-refractivity contribution in [3.8, 4) is 11.3 Å². The zero-order valence-electron chi connectivity index (χ0n) is 15.2. The zero-order chi connectivity index (χ0) is 18.0. The summed E-state index contributed by atoms with van der Waals surface area (Å²) >= 11 is 0. The normalized spacial score (nSPS) is 17.2. The molecule has 1 aliphatic rings. The van der Waals surface area contributed by atoms with E-state index in [1.54, 1.807) is 18.1 Å². The van der Waals surface area contributed by atoms with Gasteiger partial charge < -0.3 is 14.2 Å². The Kier molecular flexibility index (Phi) is 5.13. The molecule has 1 unspecified atom stereocenters. The van der Waals surface area contributed by atoms with Crippen molar-refractivity contribution in [2.45, 2.75) is 39.7 Å². The predicted molar refractivity (Wildman–Crippen MR) is 91.8 cm³/mol. The number of nitrogens with zero attached hydrogens (tertiary/aromatic N) is 4. The van der Waals surface area contributed by atoms with Gasteiger partial charge in [-0.15, -0.1) is 0 Å². The van der Waals surface area contributed by atoms with Gasteiger partial charge in [-0.2, -0.15) is 0 Å². The summed E-state index contributed by atoms with van der Waals surface area (Å²) in [6, 6.07) is 1.85. The van der Waals surface area contributed by atoms with Crippen molar-refractivity contribution >= 4 is 5.91 Å². The molecule has 3 heterocycles. The minimum Gasteiger partial charge on any atom is -0.381 e. The van der Waals surface area contributed by atoms with E-state index in [9.17, 15) is 4.79 Å². The van der Waals surface area contributed by atoms with Crippen LogP contribution in [0.5, 0.6) is 0 Å². The fourth-order valence-electron chi connectivity index (χ4n) is 2.87. The van der Waals surface area contributed by atoms with Crippen molar-refractivity contribution in [2.75, 3.05) is 20.3 Å². The largest absolute Gasteiger partial charge is 0.381 e. The highest BCUT2D eigenvalue weighted by molar-refractivity contribution is 5.79. The number of aryl methyl sites for hydroxylation is 1. The lowest BCUT2D eigenvalue weighted by Gasteiger charge is -2.21. The Morgan fingerprint density at radius 1 is 1.44 bits per heavy atom. The third kappa shape index (κ3) is 3.87. The van der Waals surface area contributed by atoms with Crippen LogP contribution in [0, 0.1) is 12.8 Å². The molecule has 0 spiro atoms. The summed E-state index contributed by atoms with van der Waals surface area (Å²) in [4.78, 5) is 23.4. The number of hydrogen-bond donors (Lipinski definition) is 0. The van der Waals surface area contributed by atoms with Crippen LogP contribution in [0.15, 0.2) is 16.8 Å². The Morgan fingerprint density at radius 2 is 2.24 bits per heavy atom. The fraction of sp³-hybridized carbons (Fsp3) is 0.556. The quantitative estimate of drug-likeness (QED) is 0.829. The van der Waals surface area contributed by atoms with Crippen molar-refractivity contribution in [1.29, 1.82) is 0 Å². The molecule has 0 radical (unpaired) electrons. The number of carbonyl (C=O) groups is 1. The van der Waals surface area contributed by atoms with Gasteiger partial charge in [0.05, 0.1) is 36.0 Å². The minimum atomic E-state index is -0.0626. The number of hydrogen-bond acceptors (Lipinski definition) is 6. The van der Waals surface area contributed by atoms with Crippen molar-refractivity contribution in [3.63, 3.8) is 0 Å². The van der Waals surface area contributed by atoms with Crippen LogP contribution in [0.3, 0.4) is 0 Å². The van der Waals surface area contributed by atoms with E-state index in [0.717, 1.165) is 29.2 Å². The molecule has 7 heteroatoms. The topological polar surface area (TPSA) is 81.4 Å². The van der Waals surface area contributed by atoms with Gasteiger partial charge in [-0.25, -0.2) is 9.97 Å². The molecule has 1 aliphatic heterocycles. The Bertz CT molecular complexity index is 751. The van der Waals surface area contributed by atoms with Gasteiger partial charge >= 0.3 is 0 Å². The SMILES string of the molecule is Cc1cc(-c2cnc(C(C)C)nc2CN(C)C(=O)C2CCOC2)on1. The van der Waals surface area contributed by atoms with E-state index in [0.29, 0.717) is 25.5 Å². The van der Waals surface area contributed by atoms with Gasteiger partial charge in [0.1, 0.15) is 5.82 Å². The number of amides is 1. The van der Waals surface area contributed by atoms with Gasteiger partial charge in [0.2, 0.25) is 5.91 Å². The summed E-state index contributed by atoms with van der Waals surface area (Å²) in [7, 11) is 1.80. The van der Waals surface area contributed by atoms with Crippen molar-refractivity contribution in [2.24, 2.45) is 5.92 Å². The minimum absolute atomic E-state index is 0.0626. The third-order valence-corrected chi connectivity index (χ3v) is 4.34. The first kappa shape index (κ1) is 17.5.